The van der Waals surface area contributed by atoms with Gasteiger partial charge in [-0.25, -0.2) is 0 Å². The lowest BCUT2D eigenvalue weighted by Gasteiger charge is -2.33. The molecule has 0 spiro atoms. The highest BCUT2D eigenvalue weighted by Crippen LogP contribution is 2.52. The fourth-order valence-corrected chi connectivity index (χ4v) is 12.0. The van der Waals surface area contributed by atoms with Crippen molar-refractivity contribution >= 4 is 134 Å². The molecule has 6 heterocycles. The van der Waals surface area contributed by atoms with Crippen LogP contribution in [0.2, 0.25) is 0 Å². The zero-order valence-corrected chi connectivity index (χ0v) is 30.1. The van der Waals surface area contributed by atoms with Gasteiger partial charge in [-0.1, -0.05) is 127 Å². The van der Waals surface area contributed by atoms with Gasteiger partial charge >= 0.3 is 0 Å². The van der Waals surface area contributed by atoms with Crippen LogP contribution in [0.25, 0.3) is 98.9 Å². The molecule has 2 aliphatic rings. The zero-order chi connectivity index (χ0) is 39.9. The van der Waals surface area contributed by atoms with E-state index in [1.807, 2.05) is 84.9 Å². The fraction of sp³-hybridized carbons (Fsp3) is 0. The van der Waals surface area contributed by atoms with E-state index in [-0.39, 0.29) is 29.7 Å². The molecular weight excluding hydrogens is 715 g/mol. The van der Waals surface area contributed by atoms with Crippen LogP contribution in [0, 0.1) is 0 Å². The molecule has 0 aliphatic carbocycles. The predicted molar refractivity (Wildman–Crippen MR) is 227 cm³/mol. The summed E-state index contributed by atoms with van der Waals surface area (Å²) in [6, 6.07) is 34.8. The molecule has 0 fully saturated rings. The Morgan fingerprint density at radius 1 is 0.418 bits per heavy atom. The number of rotatable bonds is 1. The van der Waals surface area contributed by atoms with Crippen molar-refractivity contribution in [2.75, 3.05) is 0 Å². The van der Waals surface area contributed by atoms with Crippen molar-refractivity contribution in [2.24, 2.45) is 0 Å². The molecule has 0 unspecified atom stereocenters. The Balaban J connectivity index is 1.21. The van der Waals surface area contributed by atoms with E-state index in [4.69, 9.17) is 24.5 Å². The van der Waals surface area contributed by atoms with Gasteiger partial charge in [0.15, 0.2) is 0 Å². The predicted octanol–water partition coefficient (Wildman–Crippen LogP) is 12.4. The molecule has 0 radical (unpaired) electrons. The highest BCUT2D eigenvalue weighted by atomic mass is 32.2. The topological polar surface area (TPSA) is 52.6 Å². The molecule has 0 atom stereocenters. The molecule has 0 saturated heterocycles. The minimum atomic E-state index is -0.446. The van der Waals surface area contributed by atoms with Crippen molar-refractivity contribution in [1.82, 2.24) is 0 Å². The zero-order valence-electron chi connectivity index (χ0n) is 33.4. The van der Waals surface area contributed by atoms with E-state index in [0.29, 0.717) is 5.56 Å². The molecule has 4 nitrogen and oxygen atoms in total. The minimum Gasteiger partial charge on any atom is -0.457 e. The Hall–Kier alpha value is -6.28. The molecule has 8 aromatic carbocycles. The SMILES string of the molecule is [2H]c1c([2H])c([2H])c(-c2cc3c4c(c2)Sc2c(c5oc6ccccc6c5c5c2oc2ccccc25)B4c2c(c4oc5ccccc5c4c4c2oc2ccccc24)S3)c([2H])c1[2H]. The summed E-state index contributed by atoms with van der Waals surface area (Å²) in [7, 11) is 0. The third kappa shape index (κ3) is 3.63. The van der Waals surface area contributed by atoms with Gasteiger partial charge in [0.05, 0.1) is 16.6 Å². The van der Waals surface area contributed by atoms with Crippen LogP contribution < -0.4 is 16.4 Å². The standard InChI is InChI=1S/C48H23BO4S2/c1-2-12-24(13-3-1)25-22-34-40-35(23-25)55-48-42(44-37(27-15-5-9-19-31(27)51-44)39-29-17-7-11-21-33(29)53-46(39)48)49(40)41-43-36(26-14-4-8-18-30(26)50-43)38-28-16-6-10-20-32(28)52-45(38)47(41)54-34/h1-23H/i1D,2D,3D,12D,13D. The van der Waals surface area contributed by atoms with E-state index in [1.165, 1.54) is 0 Å². The monoisotopic (exact) mass is 743 g/mol. The van der Waals surface area contributed by atoms with E-state index in [9.17, 15) is 0 Å². The number of hydrogen-bond acceptors (Lipinski definition) is 6. The molecule has 0 saturated carbocycles. The third-order valence-electron chi connectivity index (χ3n) is 11.5. The lowest BCUT2D eigenvalue weighted by Crippen LogP contribution is -2.58. The van der Waals surface area contributed by atoms with Gasteiger partial charge in [0, 0.05) is 52.9 Å². The Morgan fingerprint density at radius 3 is 1.24 bits per heavy atom. The fourth-order valence-electron chi connectivity index (χ4n) is 9.30. The van der Waals surface area contributed by atoms with Crippen molar-refractivity contribution in [3.63, 3.8) is 0 Å². The molecule has 2 aliphatic heterocycles. The largest absolute Gasteiger partial charge is 0.457 e. The number of benzene rings is 8. The van der Waals surface area contributed by atoms with Gasteiger partial charge < -0.3 is 17.7 Å². The summed E-state index contributed by atoms with van der Waals surface area (Å²) < 4.78 is 71.5. The third-order valence-corrected chi connectivity index (χ3v) is 13.8. The van der Waals surface area contributed by atoms with E-state index in [0.717, 1.165) is 124 Å². The molecule has 0 N–H and O–H groups in total. The van der Waals surface area contributed by atoms with Crippen LogP contribution in [0.4, 0.5) is 0 Å². The average molecular weight is 744 g/mol. The van der Waals surface area contributed by atoms with Crippen molar-refractivity contribution < 1.29 is 24.5 Å². The molecule has 7 heteroatoms. The molecular formula is C48H23BO4S2. The first-order valence-corrected chi connectivity index (χ1v) is 19.7. The Kier molecular flexibility index (Phi) is 4.65. The quantitative estimate of drug-likeness (QED) is 0.156. The molecule has 0 bridgehead atoms. The van der Waals surface area contributed by atoms with Crippen LogP contribution in [0.3, 0.4) is 0 Å². The Bertz CT molecular complexity index is 3750. The number of furan rings is 4. The van der Waals surface area contributed by atoms with Crippen LogP contribution in [-0.2, 0) is 0 Å². The average Bonchev–Trinajstić information content (AvgIpc) is 4.05. The second-order valence-corrected chi connectivity index (χ2v) is 16.3. The van der Waals surface area contributed by atoms with Crippen molar-refractivity contribution in [2.45, 2.75) is 19.6 Å². The minimum absolute atomic E-state index is 0.151. The number of para-hydroxylation sites is 4. The lowest BCUT2D eigenvalue weighted by molar-refractivity contribution is 0.656. The van der Waals surface area contributed by atoms with Crippen LogP contribution >= 0.6 is 23.5 Å². The summed E-state index contributed by atoms with van der Waals surface area (Å²) >= 11 is 3.14. The van der Waals surface area contributed by atoms with Crippen molar-refractivity contribution in [3.05, 3.63) is 139 Å². The second kappa shape index (κ2) is 10.3. The second-order valence-electron chi connectivity index (χ2n) is 14.2. The first-order chi connectivity index (χ1) is 29.4. The maximum atomic E-state index is 9.01. The molecule has 254 valence electrons. The maximum absolute atomic E-state index is 9.01. The molecule has 4 aromatic heterocycles. The van der Waals surface area contributed by atoms with Gasteiger partial charge in [-0.15, -0.1) is 0 Å². The number of fused-ring (bicyclic) bond motifs is 22. The Morgan fingerprint density at radius 2 is 0.800 bits per heavy atom. The van der Waals surface area contributed by atoms with Crippen LogP contribution in [-0.4, -0.2) is 6.71 Å². The van der Waals surface area contributed by atoms with E-state index in [2.05, 4.69) is 24.3 Å². The number of hydrogen-bond donors (Lipinski definition) is 0. The van der Waals surface area contributed by atoms with E-state index < -0.39 is 12.8 Å². The van der Waals surface area contributed by atoms with Gasteiger partial charge in [0.25, 0.3) is 6.71 Å². The van der Waals surface area contributed by atoms with Crippen molar-refractivity contribution in [1.29, 1.82) is 0 Å². The summed E-state index contributed by atoms with van der Waals surface area (Å²) in [5, 5.41) is 7.85. The molecule has 12 aromatic rings. The Labute approximate surface area is 327 Å². The molecule has 0 amide bonds. The van der Waals surface area contributed by atoms with Crippen LogP contribution in [0.15, 0.2) is 177 Å². The molecule has 14 rings (SSSR count). The van der Waals surface area contributed by atoms with Gasteiger partial charge in [-0.3, -0.25) is 0 Å². The van der Waals surface area contributed by atoms with E-state index in [1.54, 1.807) is 23.5 Å². The van der Waals surface area contributed by atoms with Gasteiger partial charge in [0.1, 0.15) is 44.7 Å². The highest BCUT2D eigenvalue weighted by Gasteiger charge is 2.46. The maximum Gasteiger partial charge on any atom is 0.257 e. The van der Waals surface area contributed by atoms with E-state index >= 15 is 0 Å². The summed E-state index contributed by atoms with van der Waals surface area (Å²) in [6.45, 7) is -0.446. The summed E-state index contributed by atoms with van der Waals surface area (Å²) in [6.07, 6.45) is 0. The first-order valence-electron chi connectivity index (χ1n) is 20.5. The summed E-state index contributed by atoms with van der Waals surface area (Å²) in [4.78, 5) is 3.55. The molecule has 55 heavy (non-hydrogen) atoms. The lowest BCUT2D eigenvalue weighted by atomic mass is 9.35. The normalized spacial score (nSPS) is 14.9. The summed E-state index contributed by atoms with van der Waals surface area (Å²) in [5.41, 5.74) is 9.69. The highest BCUT2D eigenvalue weighted by molar-refractivity contribution is 8.01. The van der Waals surface area contributed by atoms with Gasteiger partial charge in [-0.2, -0.15) is 0 Å². The first kappa shape index (κ1) is 24.9. The van der Waals surface area contributed by atoms with Gasteiger partial charge in [0.2, 0.25) is 0 Å². The smallest absolute Gasteiger partial charge is 0.257 e. The van der Waals surface area contributed by atoms with Crippen LogP contribution in [0.5, 0.6) is 0 Å². The summed E-state index contributed by atoms with van der Waals surface area (Å²) in [5.74, 6) is 0. The van der Waals surface area contributed by atoms with Crippen molar-refractivity contribution in [3.8, 4) is 11.1 Å². The van der Waals surface area contributed by atoms with Gasteiger partial charge in [-0.05, 0) is 63.9 Å². The van der Waals surface area contributed by atoms with Crippen LogP contribution in [0.1, 0.15) is 6.85 Å².